The minimum atomic E-state index is 0.795. The summed E-state index contributed by atoms with van der Waals surface area (Å²) in [6.07, 6.45) is 0. The molecule has 1 aliphatic rings. The van der Waals surface area contributed by atoms with E-state index in [1.807, 2.05) is 12.0 Å². The first-order chi connectivity index (χ1) is 4.83. The number of hydroxylamine groups is 2. The average Bonchev–Trinajstić information content (AvgIpc) is 1.95. The second kappa shape index (κ2) is 3.91. The van der Waals surface area contributed by atoms with E-state index in [4.69, 9.17) is 4.84 Å². The standard InChI is InChI=1S/C7H16N2O/c1-3-10-9-6-4-8(2)5-7-9/h3-7H2,1-2H3. The molecule has 0 N–H and O–H groups in total. The van der Waals surface area contributed by atoms with Crippen molar-refractivity contribution >= 4 is 0 Å². The predicted octanol–water partition coefficient (Wildman–Crippen LogP) is 0.185. The van der Waals surface area contributed by atoms with Crippen LogP contribution in [0.4, 0.5) is 0 Å². The summed E-state index contributed by atoms with van der Waals surface area (Å²) in [5, 5.41) is 2.04. The van der Waals surface area contributed by atoms with Crippen molar-refractivity contribution in [2.75, 3.05) is 39.8 Å². The van der Waals surface area contributed by atoms with Gasteiger partial charge in [0.2, 0.25) is 0 Å². The average molecular weight is 144 g/mol. The highest BCUT2D eigenvalue weighted by molar-refractivity contribution is 4.62. The maximum absolute atomic E-state index is 5.34. The van der Waals surface area contributed by atoms with Crippen LogP contribution in [0.25, 0.3) is 0 Å². The van der Waals surface area contributed by atoms with Gasteiger partial charge in [-0.3, -0.25) is 4.84 Å². The lowest BCUT2D eigenvalue weighted by Gasteiger charge is -2.30. The normalized spacial score (nSPS) is 23.4. The van der Waals surface area contributed by atoms with Crippen LogP contribution in [0.3, 0.4) is 0 Å². The first-order valence-corrected chi connectivity index (χ1v) is 3.89. The number of hydrogen-bond donors (Lipinski definition) is 0. The van der Waals surface area contributed by atoms with Crippen molar-refractivity contribution in [1.82, 2.24) is 9.96 Å². The van der Waals surface area contributed by atoms with Crippen molar-refractivity contribution < 1.29 is 4.84 Å². The van der Waals surface area contributed by atoms with E-state index in [0.717, 1.165) is 32.8 Å². The molecule has 0 aromatic carbocycles. The summed E-state index contributed by atoms with van der Waals surface area (Å²) in [5.41, 5.74) is 0. The van der Waals surface area contributed by atoms with Crippen LogP contribution < -0.4 is 0 Å². The second-order valence-electron chi connectivity index (χ2n) is 2.65. The molecule has 1 heterocycles. The van der Waals surface area contributed by atoms with Gasteiger partial charge in [0.1, 0.15) is 0 Å². The molecule has 0 atom stereocenters. The molecule has 0 spiro atoms. The first kappa shape index (κ1) is 7.98. The lowest BCUT2D eigenvalue weighted by atomic mass is 10.4. The van der Waals surface area contributed by atoms with E-state index in [1.165, 1.54) is 0 Å². The third-order valence-corrected chi connectivity index (χ3v) is 1.77. The number of hydrogen-bond acceptors (Lipinski definition) is 3. The van der Waals surface area contributed by atoms with Crippen molar-refractivity contribution in [3.8, 4) is 0 Å². The van der Waals surface area contributed by atoms with Crippen molar-refractivity contribution in [2.45, 2.75) is 6.92 Å². The lowest BCUT2D eigenvalue weighted by molar-refractivity contribution is -0.170. The molecule has 60 valence electrons. The minimum absolute atomic E-state index is 0.795. The van der Waals surface area contributed by atoms with E-state index in [2.05, 4.69) is 11.9 Å². The van der Waals surface area contributed by atoms with Crippen molar-refractivity contribution in [3.05, 3.63) is 0 Å². The smallest absolute Gasteiger partial charge is 0.0656 e. The number of rotatable bonds is 2. The van der Waals surface area contributed by atoms with Gasteiger partial charge in [-0.1, -0.05) is 0 Å². The Kier molecular flexibility index (Phi) is 3.12. The monoisotopic (exact) mass is 144 g/mol. The van der Waals surface area contributed by atoms with Crippen molar-refractivity contribution in [1.29, 1.82) is 0 Å². The minimum Gasteiger partial charge on any atom is -0.304 e. The number of piperazine rings is 1. The van der Waals surface area contributed by atoms with Gasteiger partial charge in [-0.25, -0.2) is 0 Å². The zero-order valence-electron chi connectivity index (χ0n) is 6.84. The highest BCUT2D eigenvalue weighted by Gasteiger charge is 2.12. The van der Waals surface area contributed by atoms with Crippen LogP contribution in [0.5, 0.6) is 0 Å². The van der Waals surface area contributed by atoms with E-state index >= 15 is 0 Å². The van der Waals surface area contributed by atoms with Gasteiger partial charge in [-0.2, -0.15) is 5.06 Å². The van der Waals surface area contributed by atoms with Crippen LogP contribution in [0.2, 0.25) is 0 Å². The number of likely N-dealkylation sites (N-methyl/N-ethyl adjacent to an activating group) is 1. The van der Waals surface area contributed by atoms with Gasteiger partial charge in [0, 0.05) is 26.2 Å². The molecule has 1 rings (SSSR count). The molecule has 3 heteroatoms. The lowest BCUT2D eigenvalue weighted by Crippen LogP contribution is -2.44. The Morgan fingerprint density at radius 2 is 1.80 bits per heavy atom. The van der Waals surface area contributed by atoms with E-state index in [0.29, 0.717) is 0 Å². The molecule has 1 aliphatic heterocycles. The van der Waals surface area contributed by atoms with Gasteiger partial charge in [-0.05, 0) is 14.0 Å². The molecule has 1 fully saturated rings. The highest BCUT2D eigenvalue weighted by atomic mass is 16.7. The van der Waals surface area contributed by atoms with Gasteiger partial charge < -0.3 is 4.90 Å². The van der Waals surface area contributed by atoms with E-state index in [9.17, 15) is 0 Å². The van der Waals surface area contributed by atoms with Crippen LogP contribution in [0.1, 0.15) is 6.92 Å². The fourth-order valence-electron chi connectivity index (χ4n) is 1.10. The quantitative estimate of drug-likeness (QED) is 0.550. The summed E-state index contributed by atoms with van der Waals surface area (Å²) in [5.74, 6) is 0. The maximum atomic E-state index is 5.34. The Morgan fingerprint density at radius 3 is 2.30 bits per heavy atom. The zero-order valence-corrected chi connectivity index (χ0v) is 6.84. The van der Waals surface area contributed by atoms with Crippen LogP contribution in [-0.4, -0.2) is 49.8 Å². The van der Waals surface area contributed by atoms with E-state index < -0.39 is 0 Å². The molecule has 0 saturated carbocycles. The third-order valence-electron chi connectivity index (χ3n) is 1.77. The van der Waals surface area contributed by atoms with Gasteiger partial charge in [0.05, 0.1) is 6.61 Å². The molecule has 0 aromatic rings. The Morgan fingerprint density at radius 1 is 1.20 bits per heavy atom. The molecule has 3 nitrogen and oxygen atoms in total. The van der Waals surface area contributed by atoms with Crippen molar-refractivity contribution in [2.24, 2.45) is 0 Å². The zero-order chi connectivity index (χ0) is 7.40. The summed E-state index contributed by atoms with van der Waals surface area (Å²) >= 11 is 0. The van der Waals surface area contributed by atoms with Gasteiger partial charge in [0.15, 0.2) is 0 Å². The Labute approximate surface area is 62.5 Å². The first-order valence-electron chi connectivity index (χ1n) is 3.89. The van der Waals surface area contributed by atoms with Gasteiger partial charge in [0.25, 0.3) is 0 Å². The molecule has 0 aromatic heterocycles. The van der Waals surface area contributed by atoms with E-state index in [1.54, 1.807) is 0 Å². The molecule has 1 saturated heterocycles. The fourth-order valence-corrected chi connectivity index (χ4v) is 1.10. The summed E-state index contributed by atoms with van der Waals surface area (Å²) in [6, 6.07) is 0. The van der Waals surface area contributed by atoms with Crippen LogP contribution in [0, 0.1) is 0 Å². The van der Waals surface area contributed by atoms with Gasteiger partial charge >= 0.3 is 0 Å². The van der Waals surface area contributed by atoms with Crippen LogP contribution >= 0.6 is 0 Å². The van der Waals surface area contributed by atoms with Crippen LogP contribution in [0.15, 0.2) is 0 Å². The molecule has 0 amide bonds. The summed E-state index contributed by atoms with van der Waals surface area (Å²) < 4.78 is 0. The van der Waals surface area contributed by atoms with Gasteiger partial charge in [-0.15, -0.1) is 0 Å². The summed E-state index contributed by atoms with van der Waals surface area (Å²) in [7, 11) is 2.14. The summed E-state index contributed by atoms with van der Waals surface area (Å²) in [6.45, 7) is 7.16. The molecular formula is C7H16N2O. The molecule has 0 unspecified atom stereocenters. The Hall–Kier alpha value is -0.120. The third kappa shape index (κ3) is 2.25. The van der Waals surface area contributed by atoms with Crippen LogP contribution in [-0.2, 0) is 4.84 Å². The highest BCUT2D eigenvalue weighted by Crippen LogP contribution is 1.98. The molecular weight excluding hydrogens is 128 g/mol. The fraction of sp³-hybridized carbons (Fsp3) is 1.00. The topological polar surface area (TPSA) is 15.7 Å². The molecule has 0 bridgehead atoms. The summed E-state index contributed by atoms with van der Waals surface area (Å²) in [4.78, 5) is 7.65. The molecule has 0 radical (unpaired) electrons. The second-order valence-corrected chi connectivity index (χ2v) is 2.65. The maximum Gasteiger partial charge on any atom is 0.0656 e. The van der Waals surface area contributed by atoms with E-state index in [-0.39, 0.29) is 0 Å². The Bertz CT molecular complexity index is 89.6. The SMILES string of the molecule is CCON1CCN(C)CC1. The largest absolute Gasteiger partial charge is 0.304 e. The van der Waals surface area contributed by atoms with Crippen molar-refractivity contribution in [3.63, 3.8) is 0 Å². The number of nitrogens with zero attached hydrogens (tertiary/aromatic N) is 2. The Balaban J connectivity index is 2.13. The molecule has 10 heavy (non-hydrogen) atoms. The predicted molar refractivity (Wildman–Crippen MR) is 40.7 cm³/mol. The molecule has 0 aliphatic carbocycles.